The number of halogens is 2. The zero-order valence-electron chi connectivity index (χ0n) is 8.42. The highest BCUT2D eigenvalue weighted by molar-refractivity contribution is 7.89. The Morgan fingerprint density at radius 2 is 2.06 bits per heavy atom. The average molecular weight is 267 g/mol. The number of nitrogens with two attached hydrogens (primary N) is 1. The number of pyridine rings is 1. The number of nitro groups is 1. The molecule has 0 atom stereocenters. The van der Waals surface area contributed by atoms with Crippen molar-refractivity contribution in [2.45, 2.75) is 18.4 Å². The van der Waals surface area contributed by atoms with Gasteiger partial charge in [0.1, 0.15) is 0 Å². The van der Waals surface area contributed by atoms with Gasteiger partial charge in [-0.15, -0.1) is 0 Å². The lowest BCUT2D eigenvalue weighted by Crippen LogP contribution is -2.17. The van der Waals surface area contributed by atoms with Crippen molar-refractivity contribution in [3.63, 3.8) is 0 Å². The van der Waals surface area contributed by atoms with E-state index in [1.54, 1.807) is 0 Å². The quantitative estimate of drug-likeness (QED) is 0.644. The van der Waals surface area contributed by atoms with Crippen LogP contribution >= 0.6 is 0 Å². The number of alkyl halides is 2. The average Bonchev–Trinajstić information content (AvgIpc) is 2.14. The Kier molecular flexibility index (Phi) is 3.38. The molecule has 1 aromatic heterocycles. The van der Waals surface area contributed by atoms with Crippen LogP contribution in [-0.4, -0.2) is 18.3 Å². The third-order valence-corrected chi connectivity index (χ3v) is 2.80. The Bertz CT molecular complexity index is 573. The van der Waals surface area contributed by atoms with Gasteiger partial charge in [-0.2, -0.15) is 0 Å². The van der Waals surface area contributed by atoms with Crippen molar-refractivity contribution in [1.29, 1.82) is 0 Å². The summed E-state index contributed by atoms with van der Waals surface area (Å²) in [6.45, 7) is 1.18. The molecule has 0 aliphatic heterocycles. The molecule has 0 amide bonds. The molecule has 0 aliphatic carbocycles. The lowest BCUT2D eigenvalue weighted by Gasteiger charge is -2.06. The number of nitrogens with zero attached hydrogens (tertiary/aromatic N) is 2. The van der Waals surface area contributed by atoms with Crippen LogP contribution in [0.4, 0.5) is 14.5 Å². The molecular formula is C7H7F2N3O4S. The molecule has 1 aromatic rings. The molecule has 0 aliphatic rings. The van der Waals surface area contributed by atoms with Crippen LogP contribution in [0.5, 0.6) is 0 Å². The molecule has 1 rings (SSSR count). The number of aromatic nitrogens is 1. The van der Waals surface area contributed by atoms with E-state index in [9.17, 15) is 27.3 Å². The Balaban J connectivity index is 3.63. The maximum absolute atomic E-state index is 12.5. The molecule has 0 spiro atoms. The number of hydrogen-bond donors (Lipinski definition) is 1. The molecule has 17 heavy (non-hydrogen) atoms. The monoisotopic (exact) mass is 267 g/mol. The van der Waals surface area contributed by atoms with E-state index in [-0.39, 0.29) is 5.56 Å². The first kappa shape index (κ1) is 13.4. The Morgan fingerprint density at radius 1 is 1.53 bits per heavy atom. The maximum atomic E-state index is 12.5. The standard InChI is InChI=1S/C7H7F2N3O4S/c1-3-2-4(12(13)14)5(6(8)9)11-7(3)17(10,15)16/h2,6H,1H3,(H2,10,15,16). The predicted molar refractivity (Wildman–Crippen MR) is 52.0 cm³/mol. The lowest BCUT2D eigenvalue weighted by molar-refractivity contribution is -0.386. The molecular weight excluding hydrogens is 260 g/mol. The fraction of sp³-hybridized carbons (Fsp3) is 0.286. The van der Waals surface area contributed by atoms with Crippen molar-refractivity contribution in [2.75, 3.05) is 0 Å². The van der Waals surface area contributed by atoms with Crippen LogP contribution in [0.1, 0.15) is 17.7 Å². The first-order valence-electron chi connectivity index (χ1n) is 4.11. The van der Waals surface area contributed by atoms with Crippen LogP contribution in [0.3, 0.4) is 0 Å². The van der Waals surface area contributed by atoms with Gasteiger partial charge in [-0.1, -0.05) is 0 Å². The molecule has 7 nitrogen and oxygen atoms in total. The molecule has 94 valence electrons. The molecule has 0 radical (unpaired) electrons. The molecule has 0 saturated carbocycles. The summed E-state index contributed by atoms with van der Waals surface area (Å²) in [5, 5.41) is 14.4. The topological polar surface area (TPSA) is 116 Å². The van der Waals surface area contributed by atoms with Gasteiger partial charge in [0, 0.05) is 6.07 Å². The van der Waals surface area contributed by atoms with Crippen LogP contribution in [0.15, 0.2) is 11.1 Å². The van der Waals surface area contributed by atoms with Gasteiger partial charge in [0.05, 0.1) is 4.92 Å². The molecule has 0 fully saturated rings. The van der Waals surface area contributed by atoms with Gasteiger partial charge >= 0.3 is 0 Å². The van der Waals surface area contributed by atoms with Crippen LogP contribution in [0, 0.1) is 17.0 Å². The minimum atomic E-state index is -4.30. The highest BCUT2D eigenvalue weighted by Crippen LogP contribution is 2.29. The van der Waals surface area contributed by atoms with Crippen molar-refractivity contribution in [2.24, 2.45) is 5.14 Å². The van der Waals surface area contributed by atoms with E-state index in [1.807, 2.05) is 0 Å². The summed E-state index contributed by atoms with van der Waals surface area (Å²) in [4.78, 5) is 12.5. The van der Waals surface area contributed by atoms with E-state index < -0.39 is 37.8 Å². The van der Waals surface area contributed by atoms with Crippen molar-refractivity contribution >= 4 is 15.7 Å². The second-order valence-corrected chi connectivity index (χ2v) is 4.59. The lowest BCUT2D eigenvalue weighted by atomic mass is 10.2. The summed E-state index contributed by atoms with van der Waals surface area (Å²) in [6.07, 6.45) is -3.27. The first-order valence-corrected chi connectivity index (χ1v) is 5.66. The summed E-state index contributed by atoms with van der Waals surface area (Å²) in [5.74, 6) is 0. The molecule has 1 heterocycles. The molecule has 0 bridgehead atoms. The second-order valence-electron chi connectivity index (χ2n) is 3.12. The van der Waals surface area contributed by atoms with Gasteiger partial charge in [0.25, 0.3) is 22.1 Å². The second kappa shape index (κ2) is 4.30. The molecule has 0 aromatic carbocycles. The molecule has 10 heteroatoms. The zero-order valence-corrected chi connectivity index (χ0v) is 9.24. The van der Waals surface area contributed by atoms with Crippen molar-refractivity contribution in [1.82, 2.24) is 4.98 Å². The van der Waals surface area contributed by atoms with Crippen LogP contribution in [0.2, 0.25) is 0 Å². The van der Waals surface area contributed by atoms with Crippen LogP contribution < -0.4 is 5.14 Å². The van der Waals surface area contributed by atoms with E-state index in [0.717, 1.165) is 0 Å². The molecule has 0 unspecified atom stereocenters. The largest absolute Gasteiger partial charge is 0.297 e. The van der Waals surface area contributed by atoms with Gasteiger partial charge in [-0.05, 0) is 12.5 Å². The number of primary sulfonamides is 1. The highest BCUT2D eigenvalue weighted by atomic mass is 32.2. The van der Waals surface area contributed by atoms with Crippen molar-refractivity contribution in [3.8, 4) is 0 Å². The zero-order chi connectivity index (χ0) is 13.4. The minimum Gasteiger partial charge on any atom is -0.258 e. The fourth-order valence-electron chi connectivity index (χ4n) is 1.19. The number of rotatable bonds is 3. The Labute approximate surface area is 94.5 Å². The summed E-state index contributed by atoms with van der Waals surface area (Å²) >= 11 is 0. The van der Waals surface area contributed by atoms with Gasteiger partial charge in [0.15, 0.2) is 10.7 Å². The van der Waals surface area contributed by atoms with Crippen molar-refractivity contribution < 1.29 is 22.1 Å². The maximum Gasteiger partial charge on any atom is 0.297 e. The summed E-state index contributed by atoms with van der Waals surface area (Å²) in [5.41, 5.74) is -2.32. The number of aryl methyl sites for hydroxylation is 1. The van der Waals surface area contributed by atoms with Crippen LogP contribution in [0.25, 0.3) is 0 Å². The van der Waals surface area contributed by atoms with Crippen LogP contribution in [-0.2, 0) is 10.0 Å². The van der Waals surface area contributed by atoms with E-state index in [1.165, 1.54) is 6.92 Å². The smallest absolute Gasteiger partial charge is 0.258 e. The fourth-order valence-corrected chi connectivity index (χ4v) is 1.92. The van der Waals surface area contributed by atoms with Gasteiger partial charge < -0.3 is 0 Å². The van der Waals surface area contributed by atoms with E-state index in [2.05, 4.69) is 4.98 Å². The normalized spacial score (nSPS) is 11.8. The van der Waals surface area contributed by atoms with Gasteiger partial charge in [-0.3, -0.25) is 10.1 Å². The predicted octanol–water partition coefficient (Wildman–Crippen LogP) is 0.883. The van der Waals surface area contributed by atoms with E-state index in [4.69, 9.17) is 5.14 Å². The van der Waals surface area contributed by atoms with E-state index in [0.29, 0.717) is 6.07 Å². The summed E-state index contributed by atoms with van der Waals surface area (Å²) < 4.78 is 47.0. The molecule has 2 N–H and O–H groups in total. The summed E-state index contributed by atoms with van der Waals surface area (Å²) in [7, 11) is -4.30. The molecule has 0 saturated heterocycles. The SMILES string of the molecule is Cc1cc([N+](=O)[O-])c(C(F)F)nc1S(N)(=O)=O. The number of hydrogen-bond acceptors (Lipinski definition) is 5. The Morgan fingerprint density at radius 3 is 2.41 bits per heavy atom. The third-order valence-electron chi connectivity index (χ3n) is 1.85. The summed E-state index contributed by atoms with van der Waals surface area (Å²) in [6, 6.07) is 0.703. The van der Waals surface area contributed by atoms with Crippen molar-refractivity contribution in [3.05, 3.63) is 27.4 Å². The third kappa shape index (κ3) is 2.71. The van der Waals surface area contributed by atoms with E-state index >= 15 is 0 Å². The van der Waals surface area contributed by atoms with Gasteiger partial charge in [0.2, 0.25) is 0 Å². The highest BCUT2D eigenvalue weighted by Gasteiger charge is 2.28. The minimum absolute atomic E-state index is 0.163. The van der Waals surface area contributed by atoms with Gasteiger partial charge in [-0.25, -0.2) is 27.3 Å². The number of sulfonamides is 1. The first-order chi connectivity index (χ1) is 7.64. The Hall–Kier alpha value is -1.68.